The van der Waals surface area contributed by atoms with Gasteiger partial charge in [0.05, 0.1) is 0 Å². The standard InChI is InChI=1S/C18H28N6S.HI/c1-3-15-14-23(12-13-25-15)18(19-4-2)20-10-7-9-17-22-21-16-8-5-6-11-24(16)17;/h5-6,8,11,15H,3-4,7,9-10,12-14H2,1-2H3,(H,19,20);1H. The quantitative estimate of drug-likeness (QED) is 0.293. The second-order valence-corrected chi connectivity index (χ2v) is 7.64. The van der Waals surface area contributed by atoms with Crippen LogP contribution in [0, 0.1) is 0 Å². The predicted molar refractivity (Wildman–Crippen MR) is 121 cm³/mol. The Kier molecular flexibility index (Phi) is 8.97. The zero-order chi connectivity index (χ0) is 17.5. The number of hydrogen-bond donors (Lipinski definition) is 1. The molecule has 8 heteroatoms. The van der Waals surface area contributed by atoms with Gasteiger partial charge in [0.15, 0.2) is 11.6 Å². The summed E-state index contributed by atoms with van der Waals surface area (Å²) in [6, 6.07) is 5.98. The van der Waals surface area contributed by atoms with Crippen LogP contribution in [-0.4, -0.2) is 62.6 Å². The fourth-order valence-corrected chi connectivity index (χ4v) is 4.25. The van der Waals surface area contributed by atoms with Crippen molar-refractivity contribution < 1.29 is 0 Å². The maximum absolute atomic E-state index is 4.85. The first-order chi connectivity index (χ1) is 12.3. The van der Waals surface area contributed by atoms with Crippen molar-refractivity contribution in [3.8, 4) is 0 Å². The summed E-state index contributed by atoms with van der Waals surface area (Å²) >= 11 is 2.09. The maximum Gasteiger partial charge on any atom is 0.193 e. The highest BCUT2D eigenvalue weighted by molar-refractivity contribution is 14.0. The highest BCUT2D eigenvalue weighted by Crippen LogP contribution is 2.21. The van der Waals surface area contributed by atoms with E-state index < -0.39 is 0 Å². The Bertz CT molecular complexity index is 704. The molecule has 2 aromatic heterocycles. The third-order valence-corrected chi connectivity index (χ3v) is 5.81. The Morgan fingerprint density at radius 3 is 3.04 bits per heavy atom. The molecule has 0 bridgehead atoms. The summed E-state index contributed by atoms with van der Waals surface area (Å²) in [5.41, 5.74) is 0.908. The van der Waals surface area contributed by atoms with Gasteiger partial charge in [-0.1, -0.05) is 13.0 Å². The topological polar surface area (TPSA) is 57.8 Å². The second-order valence-electron chi connectivity index (χ2n) is 6.23. The summed E-state index contributed by atoms with van der Waals surface area (Å²) < 4.78 is 2.06. The number of thioether (sulfide) groups is 1. The number of halogens is 1. The van der Waals surface area contributed by atoms with E-state index in [1.54, 1.807) is 0 Å². The molecule has 1 atom stereocenters. The molecule has 26 heavy (non-hydrogen) atoms. The van der Waals surface area contributed by atoms with Gasteiger partial charge >= 0.3 is 0 Å². The van der Waals surface area contributed by atoms with E-state index in [1.807, 2.05) is 24.4 Å². The highest BCUT2D eigenvalue weighted by atomic mass is 127. The lowest BCUT2D eigenvalue weighted by molar-refractivity contribution is 0.408. The largest absolute Gasteiger partial charge is 0.357 e. The van der Waals surface area contributed by atoms with E-state index in [9.17, 15) is 0 Å². The van der Waals surface area contributed by atoms with Gasteiger partial charge < -0.3 is 10.2 Å². The number of rotatable bonds is 6. The lowest BCUT2D eigenvalue weighted by Gasteiger charge is -2.34. The van der Waals surface area contributed by atoms with Crippen LogP contribution in [0.4, 0.5) is 0 Å². The number of aryl methyl sites for hydroxylation is 1. The molecule has 1 unspecified atom stereocenters. The van der Waals surface area contributed by atoms with E-state index in [0.717, 1.165) is 61.7 Å². The zero-order valence-electron chi connectivity index (χ0n) is 15.6. The normalized spacial score (nSPS) is 18.0. The minimum absolute atomic E-state index is 0. The number of guanidine groups is 1. The Morgan fingerprint density at radius 2 is 2.23 bits per heavy atom. The molecule has 0 amide bonds. The molecule has 1 fully saturated rings. The monoisotopic (exact) mass is 488 g/mol. The van der Waals surface area contributed by atoms with Gasteiger partial charge in [0, 0.05) is 49.8 Å². The average molecular weight is 488 g/mol. The fraction of sp³-hybridized carbons (Fsp3) is 0.611. The summed E-state index contributed by atoms with van der Waals surface area (Å²) in [5.74, 6) is 3.26. The number of aromatic nitrogens is 3. The van der Waals surface area contributed by atoms with Gasteiger partial charge in [0.1, 0.15) is 5.82 Å². The van der Waals surface area contributed by atoms with E-state index >= 15 is 0 Å². The molecule has 1 aliphatic rings. The van der Waals surface area contributed by atoms with Crippen LogP contribution in [0.2, 0.25) is 0 Å². The SMILES string of the molecule is CCNC(=NCCCc1nnc2ccccn12)N1CCSC(CC)C1.I. The first-order valence-corrected chi connectivity index (χ1v) is 10.3. The lowest BCUT2D eigenvalue weighted by Crippen LogP contribution is -2.48. The minimum atomic E-state index is 0. The molecule has 3 heterocycles. The van der Waals surface area contributed by atoms with E-state index in [0.29, 0.717) is 0 Å². The van der Waals surface area contributed by atoms with Crippen molar-refractivity contribution in [2.24, 2.45) is 4.99 Å². The fourth-order valence-electron chi connectivity index (χ4n) is 3.07. The number of hydrogen-bond acceptors (Lipinski definition) is 4. The van der Waals surface area contributed by atoms with Crippen molar-refractivity contribution in [1.82, 2.24) is 24.8 Å². The van der Waals surface area contributed by atoms with Crippen molar-refractivity contribution in [2.45, 2.75) is 38.4 Å². The lowest BCUT2D eigenvalue weighted by atomic mass is 10.3. The van der Waals surface area contributed by atoms with Gasteiger partial charge in [-0.3, -0.25) is 9.39 Å². The first-order valence-electron chi connectivity index (χ1n) is 9.25. The summed E-state index contributed by atoms with van der Waals surface area (Å²) in [5, 5.41) is 12.7. The second kappa shape index (κ2) is 11.0. The highest BCUT2D eigenvalue weighted by Gasteiger charge is 2.21. The van der Waals surface area contributed by atoms with Crippen LogP contribution < -0.4 is 5.32 Å². The van der Waals surface area contributed by atoms with E-state index in [4.69, 9.17) is 4.99 Å². The van der Waals surface area contributed by atoms with Crippen LogP contribution in [0.15, 0.2) is 29.4 Å². The molecule has 0 saturated carbocycles. The third kappa shape index (κ3) is 5.48. The molecule has 1 saturated heterocycles. The molecule has 6 nitrogen and oxygen atoms in total. The average Bonchev–Trinajstić information content (AvgIpc) is 3.07. The molecular weight excluding hydrogens is 459 g/mol. The van der Waals surface area contributed by atoms with Crippen molar-refractivity contribution in [3.63, 3.8) is 0 Å². The Hall–Kier alpha value is -1.03. The number of pyridine rings is 1. The van der Waals surface area contributed by atoms with Crippen LogP contribution in [0.1, 0.15) is 32.5 Å². The van der Waals surface area contributed by atoms with Crippen LogP contribution in [0.3, 0.4) is 0 Å². The van der Waals surface area contributed by atoms with Crippen LogP contribution in [0.25, 0.3) is 5.65 Å². The molecule has 1 N–H and O–H groups in total. The first kappa shape index (κ1) is 21.3. The van der Waals surface area contributed by atoms with Gasteiger partial charge in [0.25, 0.3) is 0 Å². The Morgan fingerprint density at radius 1 is 1.35 bits per heavy atom. The summed E-state index contributed by atoms with van der Waals surface area (Å²) in [6.07, 6.45) is 5.11. The van der Waals surface area contributed by atoms with Crippen molar-refractivity contribution >= 4 is 47.3 Å². The van der Waals surface area contributed by atoms with Gasteiger partial charge in [-0.15, -0.1) is 34.2 Å². The van der Waals surface area contributed by atoms with Crippen LogP contribution in [-0.2, 0) is 6.42 Å². The van der Waals surface area contributed by atoms with Crippen molar-refractivity contribution in [3.05, 3.63) is 30.2 Å². The molecule has 0 spiro atoms. The van der Waals surface area contributed by atoms with E-state index in [1.165, 1.54) is 12.2 Å². The molecule has 3 rings (SSSR count). The number of nitrogens with one attached hydrogen (secondary N) is 1. The minimum Gasteiger partial charge on any atom is -0.357 e. The molecule has 1 aliphatic heterocycles. The summed E-state index contributed by atoms with van der Waals surface area (Å²) in [4.78, 5) is 7.27. The van der Waals surface area contributed by atoms with Crippen LogP contribution >= 0.6 is 35.7 Å². The van der Waals surface area contributed by atoms with Crippen LogP contribution in [0.5, 0.6) is 0 Å². The Labute approximate surface area is 177 Å². The molecule has 0 radical (unpaired) electrons. The molecule has 0 aliphatic carbocycles. The number of nitrogens with zero attached hydrogens (tertiary/aromatic N) is 5. The van der Waals surface area contributed by atoms with Gasteiger partial charge in [-0.05, 0) is 31.9 Å². The van der Waals surface area contributed by atoms with Crippen molar-refractivity contribution in [1.29, 1.82) is 0 Å². The smallest absolute Gasteiger partial charge is 0.193 e. The van der Waals surface area contributed by atoms with Gasteiger partial charge in [-0.25, -0.2) is 0 Å². The third-order valence-electron chi connectivity index (χ3n) is 4.43. The summed E-state index contributed by atoms with van der Waals surface area (Å²) in [7, 11) is 0. The molecular formula is C18H29IN6S. The molecule has 144 valence electrons. The van der Waals surface area contributed by atoms with E-state index in [-0.39, 0.29) is 24.0 Å². The van der Waals surface area contributed by atoms with Gasteiger partial charge in [-0.2, -0.15) is 11.8 Å². The number of aliphatic imine (C=N–C) groups is 1. The number of fused-ring (bicyclic) bond motifs is 1. The maximum atomic E-state index is 4.85. The Balaban J connectivity index is 0.00000243. The van der Waals surface area contributed by atoms with Gasteiger partial charge in [0.2, 0.25) is 0 Å². The predicted octanol–water partition coefficient (Wildman–Crippen LogP) is 3.07. The zero-order valence-corrected chi connectivity index (χ0v) is 18.7. The van der Waals surface area contributed by atoms with Crippen molar-refractivity contribution in [2.75, 3.05) is 31.9 Å². The molecule has 2 aromatic rings. The summed E-state index contributed by atoms with van der Waals surface area (Å²) in [6.45, 7) is 8.31. The molecule has 0 aromatic carbocycles. The van der Waals surface area contributed by atoms with E-state index in [2.05, 4.69) is 50.4 Å².